The fraction of sp³-hybridized carbons (Fsp3) is 0.667. The van der Waals surface area contributed by atoms with Crippen molar-refractivity contribution in [2.45, 2.75) is 13.3 Å². The molecule has 0 atom stereocenters. The van der Waals surface area contributed by atoms with E-state index in [1.54, 1.807) is 6.92 Å². The molecule has 0 saturated heterocycles. The Labute approximate surface area is 87.5 Å². The summed E-state index contributed by atoms with van der Waals surface area (Å²) in [6.45, 7) is 8.00. The van der Waals surface area contributed by atoms with E-state index in [2.05, 4.69) is 0 Å². The summed E-state index contributed by atoms with van der Waals surface area (Å²) >= 11 is 0. The molecule has 3 radical (unpaired) electrons. The summed E-state index contributed by atoms with van der Waals surface area (Å²) in [5.74, 6) is 0. The van der Waals surface area contributed by atoms with Crippen molar-refractivity contribution in [3.05, 3.63) is 6.92 Å². The minimum atomic E-state index is 0. The van der Waals surface area contributed by atoms with Crippen LogP contribution in [0.4, 0.5) is 0 Å². The summed E-state index contributed by atoms with van der Waals surface area (Å²) in [6.07, 6.45) is 0.500. The van der Waals surface area contributed by atoms with Crippen LogP contribution >= 0.6 is 67.9 Å². The molecule has 7 heavy (non-hydrogen) atoms. The molecule has 0 aliphatic heterocycles. The molecule has 0 aromatic heterocycles. The molecule has 0 fully saturated rings. The van der Waals surface area contributed by atoms with E-state index < -0.39 is 0 Å². The van der Waals surface area contributed by atoms with Crippen LogP contribution in [-0.2, 0) is 0 Å². The molecule has 0 unspecified atom stereocenters. The van der Waals surface area contributed by atoms with Gasteiger partial charge in [-0.2, -0.15) is 0 Å². The number of rotatable bonds is 0. The zero-order valence-corrected chi connectivity index (χ0v) is 10.7. The Morgan fingerprint density at radius 3 is 1.00 bits per heavy atom. The van der Waals surface area contributed by atoms with Crippen LogP contribution in [0.5, 0.6) is 0 Å². The SMILES string of the molecule is Br.Br.Br.Br.[C]CC. The third kappa shape index (κ3) is 75.3. The van der Waals surface area contributed by atoms with Crippen molar-refractivity contribution in [3.63, 3.8) is 0 Å². The molecule has 0 saturated carbocycles. The topological polar surface area (TPSA) is 0 Å². The summed E-state index contributed by atoms with van der Waals surface area (Å²) in [7, 11) is 0. The zero-order chi connectivity index (χ0) is 2.71. The highest BCUT2D eigenvalue weighted by Gasteiger charge is 1.37. The van der Waals surface area contributed by atoms with Crippen LogP contribution in [0.1, 0.15) is 13.3 Å². The van der Waals surface area contributed by atoms with Crippen LogP contribution in [0.3, 0.4) is 0 Å². The average molecular weight is 365 g/mol. The van der Waals surface area contributed by atoms with Gasteiger partial charge in [0.25, 0.3) is 0 Å². The van der Waals surface area contributed by atoms with Crippen LogP contribution in [0.25, 0.3) is 0 Å². The van der Waals surface area contributed by atoms with Gasteiger partial charge in [0.1, 0.15) is 0 Å². The number of hydrogen-bond acceptors (Lipinski definition) is 0. The normalized spacial score (nSPS) is 2.57. The van der Waals surface area contributed by atoms with E-state index in [0.29, 0.717) is 6.42 Å². The van der Waals surface area contributed by atoms with E-state index in [1.807, 2.05) is 0 Å². The van der Waals surface area contributed by atoms with Crippen LogP contribution < -0.4 is 0 Å². The molecular weight excluding hydrogens is 356 g/mol. The van der Waals surface area contributed by atoms with E-state index in [9.17, 15) is 0 Å². The van der Waals surface area contributed by atoms with Gasteiger partial charge in [-0.25, -0.2) is 0 Å². The van der Waals surface area contributed by atoms with E-state index in [-0.39, 0.29) is 67.9 Å². The molecule has 0 nitrogen and oxygen atoms in total. The second kappa shape index (κ2) is 44.5. The Kier molecular flexibility index (Phi) is 231. The van der Waals surface area contributed by atoms with Crippen molar-refractivity contribution in [1.82, 2.24) is 0 Å². The van der Waals surface area contributed by atoms with Gasteiger partial charge in [0, 0.05) is 0 Å². The first-order chi connectivity index (χ1) is 1.41. The highest BCUT2D eigenvalue weighted by atomic mass is 79.9. The third-order valence-electron chi connectivity index (χ3n) is 0. The second-order valence-electron chi connectivity index (χ2n) is 0.354. The first kappa shape index (κ1) is 36.4. The maximum Gasteiger partial charge on any atom is -0.00965 e. The van der Waals surface area contributed by atoms with E-state index in [1.165, 1.54) is 0 Å². The Morgan fingerprint density at radius 1 is 1.00 bits per heavy atom. The van der Waals surface area contributed by atoms with Gasteiger partial charge in [-0.15, -0.1) is 67.9 Å². The van der Waals surface area contributed by atoms with E-state index >= 15 is 0 Å². The van der Waals surface area contributed by atoms with Gasteiger partial charge in [0.05, 0.1) is 0 Å². The Morgan fingerprint density at radius 2 is 1.00 bits per heavy atom. The molecule has 0 aliphatic carbocycles. The fourth-order valence-corrected chi connectivity index (χ4v) is 0. The summed E-state index contributed by atoms with van der Waals surface area (Å²) in [4.78, 5) is 0. The predicted octanol–water partition coefficient (Wildman–Crippen LogP) is 3.30. The standard InChI is InChI=1S/C3H5.4BrH/c1-3-2;;;;/h3H2,1H3;4*1H. The fourth-order valence-electron chi connectivity index (χ4n) is 0. The lowest BCUT2D eigenvalue weighted by Crippen LogP contribution is -1.29. The lowest BCUT2D eigenvalue weighted by Gasteiger charge is -1.46. The molecule has 0 rings (SSSR count). The molecule has 0 bridgehead atoms. The van der Waals surface area contributed by atoms with Gasteiger partial charge in [0.2, 0.25) is 0 Å². The molecule has 0 N–H and O–H groups in total. The van der Waals surface area contributed by atoms with Gasteiger partial charge < -0.3 is 0 Å². The molecule has 0 heterocycles. The first-order valence-corrected chi connectivity index (χ1v) is 1.06. The van der Waals surface area contributed by atoms with Crippen LogP contribution in [-0.4, -0.2) is 0 Å². The summed E-state index contributed by atoms with van der Waals surface area (Å²) in [6, 6.07) is 0. The molecule has 0 aliphatic rings. The highest BCUT2D eigenvalue weighted by molar-refractivity contribution is 8.93. The zero-order valence-electron chi connectivity index (χ0n) is 3.84. The maximum atomic E-state index is 6.21. The van der Waals surface area contributed by atoms with Crippen LogP contribution in [0, 0.1) is 6.92 Å². The quantitative estimate of drug-likeness (QED) is 0.619. The van der Waals surface area contributed by atoms with Crippen molar-refractivity contribution >= 4 is 67.9 Å². The first-order valence-electron chi connectivity index (χ1n) is 1.06. The molecule has 49 valence electrons. The van der Waals surface area contributed by atoms with Crippen molar-refractivity contribution in [2.24, 2.45) is 0 Å². The molecule has 4 heteroatoms. The van der Waals surface area contributed by atoms with Crippen molar-refractivity contribution in [3.8, 4) is 0 Å². The van der Waals surface area contributed by atoms with Crippen LogP contribution in [0.2, 0.25) is 0 Å². The summed E-state index contributed by atoms with van der Waals surface area (Å²) < 4.78 is 0. The number of hydrogen-bond donors (Lipinski definition) is 0. The van der Waals surface area contributed by atoms with Gasteiger partial charge in [-0.05, 0) is 13.3 Å². The minimum Gasteiger partial charge on any atom is -0.114 e. The molecular formula is C3H9Br4. The average Bonchev–Trinajstić information content (AvgIpc) is 0.918. The maximum absolute atomic E-state index is 6.21. The third-order valence-corrected chi connectivity index (χ3v) is 0. The van der Waals surface area contributed by atoms with Gasteiger partial charge >= 0.3 is 0 Å². The minimum absolute atomic E-state index is 0. The largest absolute Gasteiger partial charge is 0.114 e. The molecule has 0 aromatic rings. The van der Waals surface area contributed by atoms with Crippen molar-refractivity contribution < 1.29 is 0 Å². The monoisotopic (exact) mass is 361 g/mol. The summed E-state index contributed by atoms with van der Waals surface area (Å²) in [5.41, 5.74) is 0. The Hall–Kier alpha value is 1.92. The smallest absolute Gasteiger partial charge is 0.00965 e. The summed E-state index contributed by atoms with van der Waals surface area (Å²) in [5, 5.41) is 0. The Balaban J connectivity index is -0.00000000333. The molecule has 0 spiro atoms. The lowest BCUT2D eigenvalue weighted by molar-refractivity contribution is 1.23. The van der Waals surface area contributed by atoms with E-state index in [0.717, 1.165) is 0 Å². The second-order valence-corrected chi connectivity index (χ2v) is 0.354. The number of halogens is 4. The van der Waals surface area contributed by atoms with Gasteiger partial charge in [0.15, 0.2) is 0 Å². The highest BCUT2D eigenvalue weighted by Crippen LogP contribution is 1.54. The Bertz CT molecular complexity index is 6.90. The van der Waals surface area contributed by atoms with E-state index in [4.69, 9.17) is 6.92 Å². The van der Waals surface area contributed by atoms with Crippen molar-refractivity contribution in [1.29, 1.82) is 0 Å². The lowest BCUT2D eigenvalue weighted by atomic mass is 10.6. The van der Waals surface area contributed by atoms with Gasteiger partial charge in [-0.1, -0.05) is 6.92 Å². The molecule has 0 aromatic carbocycles. The van der Waals surface area contributed by atoms with Crippen LogP contribution in [0.15, 0.2) is 0 Å². The van der Waals surface area contributed by atoms with Crippen molar-refractivity contribution in [2.75, 3.05) is 0 Å². The molecule has 0 amide bonds. The van der Waals surface area contributed by atoms with Gasteiger partial charge in [-0.3, -0.25) is 0 Å². The predicted molar refractivity (Wildman–Crippen MR) is 54.8 cm³/mol.